The van der Waals surface area contributed by atoms with Crippen molar-refractivity contribution in [3.63, 3.8) is 0 Å². The minimum atomic E-state index is -0.210. The molecule has 0 saturated heterocycles. The summed E-state index contributed by atoms with van der Waals surface area (Å²) >= 11 is 1.32. The first kappa shape index (κ1) is 21.5. The van der Waals surface area contributed by atoms with Crippen LogP contribution in [0.25, 0.3) is 17.1 Å². The Morgan fingerprint density at radius 1 is 0.969 bits per heavy atom. The number of hydrogen-bond donors (Lipinski definition) is 1. The third-order valence-corrected chi connectivity index (χ3v) is 5.66. The summed E-state index contributed by atoms with van der Waals surface area (Å²) in [5.41, 5.74) is 7.73. The van der Waals surface area contributed by atoms with E-state index >= 15 is 0 Å². The van der Waals surface area contributed by atoms with E-state index in [9.17, 15) is 4.79 Å². The second-order valence-electron chi connectivity index (χ2n) is 7.34. The lowest BCUT2D eigenvalue weighted by atomic mass is 10.1. The van der Waals surface area contributed by atoms with Crippen LogP contribution >= 0.6 is 11.8 Å². The molecule has 0 spiro atoms. The molecule has 0 aliphatic carbocycles. The fourth-order valence-corrected chi connectivity index (χ4v) is 3.90. The van der Waals surface area contributed by atoms with E-state index in [1.807, 2.05) is 97.3 Å². The van der Waals surface area contributed by atoms with Gasteiger partial charge in [0.2, 0.25) is 0 Å². The third-order valence-electron chi connectivity index (χ3n) is 4.73. The van der Waals surface area contributed by atoms with Crippen LogP contribution in [-0.2, 0) is 4.79 Å². The van der Waals surface area contributed by atoms with Gasteiger partial charge in [-0.1, -0.05) is 89.6 Å². The Hall–Kier alpha value is -3.71. The molecule has 0 aliphatic rings. The van der Waals surface area contributed by atoms with Gasteiger partial charge in [0.05, 0.1) is 12.0 Å². The summed E-state index contributed by atoms with van der Waals surface area (Å²) in [7, 11) is 0. The maximum absolute atomic E-state index is 12.3. The van der Waals surface area contributed by atoms with Crippen molar-refractivity contribution >= 4 is 23.9 Å². The SMILES string of the molecule is Cc1ccc(-c2nnc(SCC(=O)N/N=C\c3cccc(C)c3)n2-c2ccccc2)cc1. The lowest BCUT2D eigenvalue weighted by molar-refractivity contribution is -0.118. The number of aromatic nitrogens is 3. The second-order valence-corrected chi connectivity index (χ2v) is 8.28. The van der Waals surface area contributed by atoms with E-state index < -0.39 is 0 Å². The van der Waals surface area contributed by atoms with E-state index in [0.29, 0.717) is 5.16 Å². The minimum absolute atomic E-state index is 0.171. The zero-order valence-electron chi connectivity index (χ0n) is 17.9. The Morgan fingerprint density at radius 3 is 2.50 bits per heavy atom. The quantitative estimate of drug-likeness (QED) is 0.254. The standard InChI is InChI=1S/C25H23N5OS/c1-18-11-13-21(14-12-18)24-28-29-25(30(24)22-9-4-3-5-10-22)32-17-23(31)27-26-16-20-8-6-7-19(2)15-20/h3-16H,17H2,1-2H3,(H,27,31)/b26-16-. The zero-order chi connectivity index (χ0) is 22.3. The van der Waals surface area contributed by atoms with Crippen LogP contribution in [-0.4, -0.2) is 32.6 Å². The fourth-order valence-electron chi connectivity index (χ4n) is 3.15. The molecule has 1 N–H and O–H groups in total. The van der Waals surface area contributed by atoms with Gasteiger partial charge in [-0.15, -0.1) is 10.2 Å². The average molecular weight is 442 g/mol. The van der Waals surface area contributed by atoms with Crippen molar-refractivity contribution in [2.45, 2.75) is 19.0 Å². The number of nitrogens with zero attached hydrogens (tertiary/aromatic N) is 4. The monoisotopic (exact) mass is 441 g/mol. The molecule has 0 bridgehead atoms. The third kappa shape index (κ3) is 5.31. The molecule has 1 aromatic heterocycles. The van der Waals surface area contributed by atoms with E-state index in [2.05, 4.69) is 20.7 Å². The summed E-state index contributed by atoms with van der Waals surface area (Å²) in [6.45, 7) is 4.06. The molecule has 6 nitrogen and oxygen atoms in total. The number of carbonyl (C=O) groups excluding carboxylic acids is 1. The van der Waals surface area contributed by atoms with Crippen molar-refractivity contribution in [2.75, 3.05) is 5.75 Å². The van der Waals surface area contributed by atoms with Gasteiger partial charge in [0, 0.05) is 11.3 Å². The smallest absolute Gasteiger partial charge is 0.250 e. The second kappa shape index (κ2) is 10.1. The van der Waals surface area contributed by atoms with E-state index in [4.69, 9.17) is 0 Å². The van der Waals surface area contributed by atoms with Crippen LogP contribution in [0.3, 0.4) is 0 Å². The Morgan fingerprint density at radius 2 is 1.75 bits per heavy atom. The van der Waals surface area contributed by atoms with Gasteiger partial charge in [0.15, 0.2) is 11.0 Å². The average Bonchev–Trinajstić information content (AvgIpc) is 3.23. The highest BCUT2D eigenvalue weighted by Gasteiger charge is 2.17. The van der Waals surface area contributed by atoms with Crippen molar-refractivity contribution < 1.29 is 4.79 Å². The summed E-state index contributed by atoms with van der Waals surface area (Å²) in [6, 6.07) is 25.9. The molecule has 0 atom stereocenters. The Labute approximate surface area is 191 Å². The van der Waals surface area contributed by atoms with Gasteiger partial charge in [0.25, 0.3) is 5.91 Å². The van der Waals surface area contributed by atoms with Crippen molar-refractivity contribution in [3.8, 4) is 17.1 Å². The highest BCUT2D eigenvalue weighted by Crippen LogP contribution is 2.28. The van der Waals surface area contributed by atoms with Gasteiger partial charge in [0.1, 0.15) is 0 Å². The zero-order valence-corrected chi connectivity index (χ0v) is 18.7. The number of hydrazone groups is 1. The van der Waals surface area contributed by atoms with Crippen molar-refractivity contribution in [1.82, 2.24) is 20.2 Å². The largest absolute Gasteiger partial charge is 0.272 e. The molecule has 0 radical (unpaired) electrons. The maximum Gasteiger partial charge on any atom is 0.250 e. The molecule has 160 valence electrons. The number of nitrogens with one attached hydrogen (secondary N) is 1. The van der Waals surface area contributed by atoms with Crippen molar-refractivity contribution in [3.05, 3.63) is 95.6 Å². The highest BCUT2D eigenvalue weighted by molar-refractivity contribution is 7.99. The number of benzene rings is 3. The number of rotatable bonds is 7. The molecule has 4 aromatic rings. The fraction of sp³-hybridized carbons (Fsp3) is 0.120. The molecule has 3 aromatic carbocycles. The summed E-state index contributed by atoms with van der Waals surface area (Å²) in [5.74, 6) is 0.694. The first-order chi connectivity index (χ1) is 15.6. The van der Waals surface area contributed by atoms with Gasteiger partial charge >= 0.3 is 0 Å². The van der Waals surface area contributed by atoms with Gasteiger partial charge in [-0.2, -0.15) is 5.10 Å². The lowest BCUT2D eigenvalue weighted by Gasteiger charge is -2.10. The number of aryl methyl sites for hydroxylation is 2. The van der Waals surface area contributed by atoms with Crippen LogP contribution in [0, 0.1) is 13.8 Å². The molecule has 7 heteroatoms. The topological polar surface area (TPSA) is 72.2 Å². The van der Waals surface area contributed by atoms with Crippen molar-refractivity contribution in [1.29, 1.82) is 0 Å². The van der Waals surface area contributed by atoms with E-state index in [0.717, 1.165) is 28.2 Å². The number of hydrogen-bond acceptors (Lipinski definition) is 5. The summed E-state index contributed by atoms with van der Waals surface area (Å²) in [6.07, 6.45) is 1.64. The Bertz CT molecular complexity index is 1230. The Kier molecular flexibility index (Phi) is 6.77. The number of amides is 1. The molecule has 0 fully saturated rings. The summed E-state index contributed by atoms with van der Waals surface area (Å²) < 4.78 is 1.97. The normalized spacial score (nSPS) is 11.1. The molecule has 4 rings (SSSR count). The molecular formula is C25H23N5OS. The van der Waals surface area contributed by atoms with Crippen LogP contribution in [0.1, 0.15) is 16.7 Å². The van der Waals surface area contributed by atoms with E-state index in [1.165, 1.54) is 17.3 Å². The predicted octanol–water partition coefficient (Wildman–Crippen LogP) is 4.79. The van der Waals surface area contributed by atoms with Gasteiger partial charge in [-0.25, -0.2) is 5.43 Å². The molecule has 32 heavy (non-hydrogen) atoms. The van der Waals surface area contributed by atoms with Crippen molar-refractivity contribution in [2.24, 2.45) is 5.10 Å². The molecule has 1 amide bonds. The van der Waals surface area contributed by atoms with Crippen LogP contribution in [0.2, 0.25) is 0 Å². The van der Waals surface area contributed by atoms with E-state index in [1.54, 1.807) is 6.21 Å². The first-order valence-corrected chi connectivity index (χ1v) is 11.2. The molecule has 1 heterocycles. The number of carbonyl (C=O) groups is 1. The van der Waals surface area contributed by atoms with Crippen LogP contribution in [0.15, 0.2) is 89.1 Å². The van der Waals surface area contributed by atoms with Crippen LogP contribution in [0.5, 0.6) is 0 Å². The molecule has 0 unspecified atom stereocenters. The van der Waals surface area contributed by atoms with Crippen LogP contribution in [0.4, 0.5) is 0 Å². The van der Waals surface area contributed by atoms with Crippen LogP contribution < -0.4 is 5.43 Å². The molecular weight excluding hydrogens is 418 g/mol. The number of para-hydroxylation sites is 1. The lowest BCUT2D eigenvalue weighted by Crippen LogP contribution is -2.20. The van der Waals surface area contributed by atoms with E-state index in [-0.39, 0.29) is 11.7 Å². The number of thioether (sulfide) groups is 1. The maximum atomic E-state index is 12.3. The Balaban J connectivity index is 1.49. The van der Waals surface area contributed by atoms with Gasteiger partial charge < -0.3 is 0 Å². The minimum Gasteiger partial charge on any atom is -0.272 e. The molecule has 0 saturated carbocycles. The van der Waals surface area contributed by atoms with Gasteiger partial charge in [-0.05, 0) is 31.5 Å². The first-order valence-electron chi connectivity index (χ1n) is 10.2. The predicted molar refractivity (Wildman–Crippen MR) is 129 cm³/mol. The molecule has 0 aliphatic heterocycles. The highest BCUT2D eigenvalue weighted by atomic mass is 32.2. The summed E-state index contributed by atoms with van der Waals surface area (Å²) in [4.78, 5) is 12.3. The summed E-state index contributed by atoms with van der Waals surface area (Å²) in [5, 5.41) is 13.5. The van der Waals surface area contributed by atoms with Gasteiger partial charge in [-0.3, -0.25) is 9.36 Å².